The highest BCUT2D eigenvalue weighted by Crippen LogP contribution is 2.46. The fourth-order valence-corrected chi connectivity index (χ4v) is 8.40. The molecule has 234 valence electrons. The third-order valence-corrected chi connectivity index (χ3v) is 10.8. The molecule has 8 aromatic carbocycles. The maximum Gasteiger partial charge on any atom is 0.135 e. The van der Waals surface area contributed by atoms with Crippen LogP contribution in [0.4, 0.5) is 0 Å². The van der Waals surface area contributed by atoms with Gasteiger partial charge in [-0.1, -0.05) is 140 Å². The average Bonchev–Trinajstić information content (AvgIpc) is 3.55. The Morgan fingerprint density at radius 3 is 1.96 bits per heavy atom. The molecule has 0 aromatic heterocycles. The summed E-state index contributed by atoms with van der Waals surface area (Å²) < 4.78 is 13.5. The predicted octanol–water partition coefficient (Wildman–Crippen LogP) is 10.7. The summed E-state index contributed by atoms with van der Waals surface area (Å²) in [5.74, 6) is 2.77. The fraction of sp³-hybridized carbons (Fsp3) is 0.0417. The lowest BCUT2D eigenvalue weighted by Gasteiger charge is -2.27. The van der Waals surface area contributed by atoms with Gasteiger partial charge in [0.05, 0.1) is 0 Å². The zero-order chi connectivity index (χ0) is 32.8. The summed E-state index contributed by atoms with van der Waals surface area (Å²) in [6.45, 7) is 0. The third-order valence-electron chi connectivity index (χ3n) is 10.8. The Kier molecular flexibility index (Phi) is 5.82. The molecule has 2 aliphatic heterocycles. The molecule has 1 aliphatic carbocycles. The summed E-state index contributed by atoms with van der Waals surface area (Å²) in [6.07, 6.45) is 0.755. The molecule has 2 heterocycles. The number of hydrogen-bond donors (Lipinski definition) is 0. The monoisotopic (exact) mass is 638 g/mol. The highest BCUT2D eigenvalue weighted by atomic mass is 16.5. The number of hydrogen-bond acceptors (Lipinski definition) is 2. The van der Waals surface area contributed by atoms with Crippen molar-refractivity contribution in [3.8, 4) is 50.6 Å². The van der Waals surface area contributed by atoms with E-state index < -0.39 is 0 Å². The summed E-state index contributed by atoms with van der Waals surface area (Å²) in [4.78, 5) is 0. The quantitative estimate of drug-likeness (QED) is 0.192. The molecule has 1 atom stereocenters. The Bertz CT molecular complexity index is 2840. The minimum absolute atomic E-state index is 0.0445. The Morgan fingerprint density at radius 2 is 1.08 bits per heavy atom. The van der Waals surface area contributed by atoms with Crippen LogP contribution in [0.25, 0.3) is 66.1 Å². The van der Waals surface area contributed by atoms with Crippen molar-refractivity contribution >= 4 is 32.7 Å². The smallest absolute Gasteiger partial charge is 0.135 e. The maximum absolute atomic E-state index is 6.82. The van der Waals surface area contributed by atoms with E-state index in [0.717, 1.165) is 40.4 Å². The lowest BCUT2D eigenvalue weighted by molar-refractivity contribution is 0.280. The number of ether oxygens (including phenoxy) is 2. The standard InChI is InChI=1S/C48H30O2/c1-2-9-33-25-34(20-19-29(33)7-1)30-15-17-31(18-16-30)35-21-24-40-45(26-35)50-46-28-42-39-23-22-36(38-12-5-10-32-8-3-4-11-37(32)38)27-44(39)49-43-14-6-13-41(47(40)46)48(42)43/h1-27,46H,28H2. The number of rotatable bonds is 3. The van der Waals surface area contributed by atoms with E-state index in [4.69, 9.17) is 9.47 Å². The second-order valence-corrected chi connectivity index (χ2v) is 13.6. The molecule has 0 spiro atoms. The molecule has 0 saturated heterocycles. The van der Waals surface area contributed by atoms with Crippen molar-refractivity contribution < 1.29 is 9.47 Å². The first kappa shape index (κ1) is 27.6. The lowest BCUT2D eigenvalue weighted by Crippen LogP contribution is -2.40. The van der Waals surface area contributed by atoms with E-state index in [1.54, 1.807) is 0 Å². The molecule has 3 aliphatic rings. The van der Waals surface area contributed by atoms with Gasteiger partial charge in [0.2, 0.25) is 0 Å². The average molecular weight is 639 g/mol. The van der Waals surface area contributed by atoms with Gasteiger partial charge in [-0.25, -0.2) is 0 Å². The van der Waals surface area contributed by atoms with E-state index in [1.165, 1.54) is 70.9 Å². The van der Waals surface area contributed by atoms with E-state index in [9.17, 15) is 0 Å². The molecule has 0 fully saturated rings. The van der Waals surface area contributed by atoms with Crippen molar-refractivity contribution in [3.63, 3.8) is 0 Å². The molecule has 0 saturated carbocycles. The summed E-state index contributed by atoms with van der Waals surface area (Å²) in [6, 6.07) is 59.0. The first-order valence-electron chi connectivity index (χ1n) is 17.3. The van der Waals surface area contributed by atoms with E-state index in [1.807, 2.05) is 0 Å². The van der Waals surface area contributed by atoms with Crippen LogP contribution in [0.1, 0.15) is 17.5 Å². The molecule has 0 radical (unpaired) electrons. The largest absolute Gasteiger partial charge is 0.485 e. The third kappa shape index (κ3) is 4.15. The van der Waals surface area contributed by atoms with E-state index in [-0.39, 0.29) is 6.10 Å². The van der Waals surface area contributed by atoms with Crippen LogP contribution in [-0.4, -0.2) is 6.10 Å². The molecule has 2 heteroatoms. The first-order chi connectivity index (χ1) is 24.7. The van der Waals surface area contributed by atoms with Gasteiger partial charge in [-0.15, -0.1) is 0 Å². The number of fused-ring (bicyclic) bond motifs is 7. The Hall–Kier alpha value is -6.38. The molecule has 11 rings (SSSR count). The first-order valence-corrected chi connectivity index (χ1v) is 17.3. The van der Waals surface area contributed by atoms with Gasteiger partial charge in [0.15, 0.2) is 0 Å². The van der Waals surface area contributed by atoms with Crippen molar-refractivity contribution in [2.45, 2.75) is 12.5 Å². The fourth-order valence-electron chi connectivity index (χ4n) is 8.40. The van der Waals surface area contributed by atoms with E-state index in [0.29, 0.717) is 0 Å². The second-order valence-electron chi connectivity index (χ2n) is 13.6. The van der Waals surface area contributed by atoms with Crippen molar-refractivity contribution in [3.05, 3.63) is 185 Å². The van der Waals surface area contributed by atoms with Crippen LogP contribution < -0.4 is 19.9 Å². The van der Waals surface area contributed by atoms with Crippen molar-refractivity contribution in [1.29, 1.82) is 0 Å². The van der Waals surface area contributed by atoms with E-state index in [2.05, 4.69) is 164 Å². The van der Waals surface area contributed by atoms with Gasteiger partial charge in [0.1, 0.15) is 23.4 Å². The summed E-state index contributed by atoms with van der Waals surface area (Å²) in [5.41, 5.74) is 12.0. The van der Waals surface area contributed by atoms with Gasteiger partial charge < -0.3 is 9.47 Å². The molecule has 50 heavy (non-hydrogen) atoms. The normalized spacial score (nSPS) is 15.2. The molecule has 0 amide bonds. The summed E-state index contributed by atoms with van der Waals surface area (Å²) >= 11 is 0. The molecule has 2 nitrogen and oxygen atoms in total. The SMILES string of the molecule is c1cc2c3c(c1)=C1c4ccc(-c5ccc(-c6ccc7ccccc7c6)cc5)cc4OC1CC=3c1ccc(-c3cccc4ccccc34)cc1O2. The highest BCUT2D eigenvalue weighted by Gasteiger charge is 2.36. The van der Waals surface area contributed by atoms with E-state index >= 15 is 0 Å². The topological polar surface area (TPSA) is 18.5 Å². The summed E-state index contributed by atoms with van der Waals surface area (Å²) in [5, 5.41) is 7.42. The molecule has 8 aromatic rings. The van der Waals surface area contributed by atoms with Crippen molar-refractivity contribution in [1.82, 2.24) is 0 Å². The summed E-state index contributed by atoms with van der Waals surface area (Å²) in [7, 11) is 0. The van der Waals surface area contributed by atoms with Gasteiger partial charge in [-0.2, -0.15) is 0 Å². The Morgan fingerprint density at radius 1 is 0.420 bits per heavy atom. The van der Waals surface area contributed by atoms with Gasteiger partial charge in [-0.05, 0) is 90.0 Å². The number of benzene rings is 8. The van der Waals surface area contributed by atoms with Crippen LogP contribution in [-0.2, 0) is 0 Å². The van der Waals surface area contributed by atoms with Gasteiger partial charge >= 0.3 is 0 Å². The Labute approximate surface area is 289 Å². The van der Waals surface area contributed by atoms with Crippen LogP contribution in [0.3, 0.4) is 0 Å². The van der Waals surface area contributed by atoms with Crippen LogP contribution in [0.15, 0.2) is 164 Å². The van der Waals surface area contributed by atoms with Crippen LogP contribution in [0.2, 0.25) is 0 Å². The predicted molar refractivity (Wildman–Crippen MR) is 204 cm³/mol. The zero-order valence-electron chi connectivity index (χ0n) is 27.2. The zero-order valence-corrected chi connectivity index (χ0v) is 27.2. The lowest BCUT2D eigenvalue weighted by atomic mass is 9.83. The van der Waals surface area contributed by atoms with Gasteiger partial charge in [0, 0.05) is 28.3 Å². The van der Waals surface area contributed by atoms with Crippen molar-refractivity contribution in [2.75, 3.05) is 0 Å². The minimum Gasteiger partial charge on any atom is -0.485 e. The van der Waals surface area contributed by atoms with Crippen LogP contribution in [0.5, 0.6) is 17.2 Å². The molecular formula is C48H30O2. The van der Waals surface area contributed by atoms with Crippen LogP contribution in [0, 0.1) is 0 Å². The van der Waals surface area contributed by atoms with Gasteiger partial charge in [-0.3, -0.25) is 0 Å². The molecule has 1 unspecified atom stereocenters. The van der Waals surface area contributed by atoms with Crippen molar-refractivity contribution in [2.24, 2.45) is 0 Å². The Balaban J connectivity index is 0.965. The minimum atomic E-state index is -0.0445. The molecular weight excluding hydrogens is 609 g/mol. The molecule has 0 N–H and O–H groups in total. The highest BCUT2D eigenvalue weighted by molar-refractivity contribution is 5.97. The van der Waals surface area contributed by atoms with Gasteiger partial charge in [0.25, 0.3) is 0 Å². The molecule has 0 bridgehead atoms. The second kappa shape index (κ2) is 10.6. The maximum atomic E-state index is 6.82. The van der Waals surface area contributed by atoms with Crippen LogP contribution >= 0.6 is 0 Å².